The molecule has 90 valence electrons. The second-order valence-corrected chi connectivity index (χ2v) is 4.38. The Morgan fingerprint density at radius 1 is 1.35 bits per heavy atom. The standard InChI is InChI=1S/C14H15FO2/c1-10-2-9-14(16)17-13(10)8-5-11-3-6-12(15)7-4-11/h3-8,10,13H,2,9H2,1H3/b8-5+/t10-,13+/m1/s1. The van der Waals surface area contributed by atoms with Gasteiger partial charge in [0.2, 0.25) is 0 Å². The lowest BCUT2D eigenvalue weighted by molar-refractivity contribution is -0.154. The van der Waals surface area contributed by atoms with Crippen molar-refractivity contribution in [3.63, 3.8) is 0 Å². The lowest BCUT2D eigenvalue weighted by Gasteiger charge is -2.25. The number of benzene rings is 1. The predicted molar refractivity (Wildman–Crippen MR) is 63.7 cm³/mol. The molecule has 0 amide bonds. The van der Waals surface area contributed by atoms with Gasteiger partial charge in [0.1, 0.15) is 11.9 Å². The Hall–Kier alpha value is -1.64. The quantitative estimate of drug-likeness (QED) is 0.735. The fraction of sp³-hybridized carbons (Fsp3) is 0.357. The second-order valence-electron chi connectivity index (χ2n) is 4.38. The fourth-order valence-electron chi connectivity index (χ4n) is 1.85. The minimum Gasteiger partial charge on any atom is -0.458 e. The molecule has 0 bridgehead atoms. The monoisotopic (exact) mass is 234 g/mol. The van der Waals surface area contributed by atoms with Gasteiger partial charge in [0.05, 0.1) is 0 Å². The molecule has 1 saturated heterocycles. The number of halogens is 1. The summed E-state index contributed by atoms with van der Waals surface area (Å²) in [6, 6.07) is 6.22. The molecule has 2 rings (SSSR count). The molecule has 1 aliphatic heterocycles. The molecule has 0 N–H and O–H groups in total. The number of ether oxygens (including phenoxy) is 1. The minimum absolute atomic E-state index is 0.142. The highest BCUT2D eigenvalue weighted by molar-refractivity contribution is 5.70. The van der Waals surface area contributed by atoms with E-state index in [4.69, 9.17) is 4.74 Å². The zero-order valence-corrected chi connectivity index (χ0v) is 9.73. The van der Waals surface area contributed by atoms with E-state index in [-0.39, 0.29) is 17.9 Å². The van der Waals surface area contributed by atoms with Crippen molar-refractivity contribution >= 4 is 12.0 Å². The summed E-state index contributed by atoms with van der Waals surface area (Å²) in [7, 11) is 0. The van der Waals surface area contributed by atoms with Crippen LogP contribution in [0.5, 0.6) is 0 Å². The second kappa shape index (κ2) is 5.13. The molecule has 17 heavy (non-hydrogen) atoms. The Morgan fingerprint density at radius 3 is 2.76 bits per heavy atom. The lowest BCUT2D eigenvalue weighted by atomic mass is 9.95. The Morgan fingerprint density at radius 2 is 2.06 bits per heavy atom. The van der Waals surface area contributed by atoms with E-state index >= 15 is 0 Å². The van der Waals surface area contributed by atoms with E-state index in [2.05, 4.69) is 6.92 Å². The fourth-order valence-corrected chi connectivity index (χ4v) is 1.85. The van der Waals surface area contributed by atoms with Gasteiger partial charge in [0.25, 0.3) is 0 Å². The molecular formula is C14H15FO2. The van der Waals surface area contributed by atoms with Gasteiger partial charge in [0.15, 0.2) is 0 Å². The topological polar surface area (TPSA) is 26.3 Å². The summed E-state index contributed by atoms with van der Waals surface area (Å²) in [6.45, 7) is 2.06. The van der Waals surface area contributed by atoms with E-state index in [1.807, 2.05) is 12.2 Å². The Labute approximate surface area is 100 Å². The van der Waals surface area contributed by atoms with Gasteiger partial charge < -0.3 is 4.74 Å². The van der Waals surface area contributed by atoms with Crippen LogP contribution >= 0.6 is 0 Å². The molecule has 0 aromatic heterocycles. The van der Waals surface area contributed by atoms with Crippen molar-refractivity contribution in [1.82, 2.24) is 0 Å². The molecule has 0 unspecified atom stereocenters. The highest BCUT2D eigenvalue weighted by atomic mass is 19.1. The van der Waals surface area contributed by atoms with Crippen molar-refractivity contribution in [3.8, 4) is 0 Å². The third-order valence-corrected chi connectivity index (χ3v) is 2.98. The maximum absolute atomic E-state index is 12.7. The summed E-state index contributed by atoms with van der Waals surface area (Å²) in [5.74, 6) is -0.0548. The summed E-state index contributed by atoms with van der Waals surface area (Å²) in [6.07, 6.45) is 4.93. The molecule has 0 aliphatic carbocycles. The van der Waals surface area contributed by atoms with Crippen molar-refractivity contribution in [2.45, 2.75) is 25.9 Å². The molecule has 0 radical (unpaired) electrons. The van der Waals surface area contributed by atoms with E-state index in [0.29, 0.717) is 12.3 Å². The van der Waals surface area contributed by atoms with Crippen LogP contribution in [0.1, 0.15) is 25.3 Å². The van der Waals surface area contributed by atoms with Crippen LogP contribution in [-0.2, 0) is 9.53 Å². The van der Waals surface area contributed by atoms with Crippen LogP contribution in [0.2, 0.25) is 0 Å². The van der Waals surface area contributed by atoms with Crippen LogP contribution in [-0.4, -0.2) is 12.1 Å². The van der Waals surface area contributed by atoms with Gasteiger partial charge in [-0.2, -0.15) is 0 Å². The molecule has 2 nitrogen and oxygen atoms in total. The molecule has 1 aromatic rings. The number of carbonyl (C=O) groups excluding carboxylic acids is 1. The number of esters is 1. The van der Waals surface area contributed by atoms with Crippen molar-refractivity contribution in [3.05, 3.63) is 41.7 Å². The van der Waals surface area contributed by atoms with Gasteiger partial charge >= 0.3 is 5.97 Å². The van der Waals surface area contributed by atoms with Gasteiger partial charge in [-0.1, -0.05) is 25.1 Å². The van der Waals surface area contributed by atoms with Crippen LogP contribution < -0.4 is 0 Å². The summed E-state index contributed by atoms with van der Waals surface area (Å²) >= 11 is 0. The van der Waals surface area contributed by atoms with Crippen molar-refractivity contribution in [1.29, 1.82) is 0 Å². The van der Waals surface area contributed by atoms with Crippen LogP contribution in [0.25, 0.3) is 6.08 Å². The number of cyclic esters (lactones) is 1. The molecule has 2 atom stereocenters. The molecular weight excluding hydrogens is 219 g/mol. The first kappa shape index (κ1) is 11.8. The zero-order chi connectivity index (χ0) is 12.3. The number of carbonyl (C=O) groups is 1. The largest absolute Gasteiger partial charge is 0.458 e. The summed E-state index contributed by atoms with van der Waals surface area (Å²) in [4.78, 5) is 11.2. The van der Waals surface area contributed by atoms with E-state index < -0.39 is 0 Å². The van der Waals surface area contributed by atoms with Crippen LogP contribution in [0.4, 0.5) is 4.39 Å². The van der Waals surface area contributed by atoms with Crippen molar-refractivity contribution in [2.75, 3.05) is 0 Å². The molecule has 3 heteroatoms. The van der Waals surface area contributed by atoms with E-state index in [0.717, 1.165) is 12.0 Å². The van der Waals surface area contributed by atoms with E-state index in [9.17, 15) is 9.18 Å². The normalized spacial score (nSPS) is 24.9. The first-order valence-corrected chi connectivity index (χ1v) is 5.78. The Bertz CT molecular complexity index is 422. The summed E-state index contributed by atoms with van der Waals surface area (Å²) in [5.41, 5.74) is 0.903. The van der Waals surface area contributed by atoms with Gasteiger partial charge in [-0.15, -0.1) is 0 Å². The average molecular weight is 234 g/mol. The highest BCUT2D eigenvalue weighted by Gasteiger charge is 2.24. The van der Waals surface area contributed by atoms with Gasteiger partial charge in [-0.25, -0.2) is 4.39 Å². The number of hydrogen-bond donors (Lipinski definition) is 0. The van der Waals surface area contributed by atoms with Crippen LogP contribution in [0, 0.1) is 11.7 Å². The molecule has 0 spiro atoms. The third-order valence-electron chi connectivity index (χ3n) is 2.98. The van der Waals surface area contributed by atoms with Gasteiger partial charge in [0, 0.05) is 6.42 Å². The molecule has 1 heterocycles. The first-order valence-electron chi connectivity index (χ1n) is 5.78. The predicted octanol–water partition coefficient (Wildman–Crippen LogP) is 3.18. The Kier molecular flexibility index (Phi) is 3.57. The first-order chi connectivity index (χ1) is 8.15. The number of hydrogen-bond acceptors (Lipinski definition) is 2. The summed E-state index contributed by atoms with van der Waals surface area (Å²) in [5, 5.41) is 0. The summed E-state index contributed by atoms with van der Waals surface area (Å²) < 4.78 is 17.9. The van der Waals surface area contributed by atoms with Gasteiger partial charge in [-0.05, 0) is 36.1 Å². The number of rotatable bonds is 2. The minimum atomic E-state index is -0.250. The van der Waals surface area contributed by atoms with Crippen molar-refractivity contribution in [2.24, 2.45) is 5.92 Å². The highest BCUT2D eigenvalue weighted by Crippen LogP contribution is 2.22. The smallest absolute Gasteiger partial charge is 0.306 e. The maximum atomic E-state index is 12.7. The van der Waals surface area contributed by atoms with Crippen LogP contribution in [0.3, 0.4) is 0 Å². The van der Waals surface area contributed by atoms with Crippen molar-refractivity contribution < 1.29 is 13.9 Å². The molecule has 1 aromatic carbocycles. The van der Waals surface area contributed by atoms with E-state index in [1.54, 1.807) is 12.1 Å². The molecule has 1 fully saturated rings. The van der Waals surface area contributed by atoms with Crippen LogP contribution in [0.15, 0.2) is 30.3 Å². The lowest BCUT2D eigenvalue weighted by Crippen LogP contribution is -2.29. The van der Waals surface area contributed by atoms with Gasteiger partial charge in [-0.3, -0.25) is 4.79 Å². The average Bonchev–Trinajstić information content (AvgIpc) is 2.32. The maximum Gasteiger partial charge on any atom is 0.306 e. The SMILES string of the molecule is C[C@@H]1CCC(=O)O[C@H]1/C=C/c1ccc(F)cc1. The third kappa shape index (κ3) is 3.16. The zero-order valence-electron chi connectivity index (χ0n) is 9.73. The van der Waals surface area contributed by atoms with E-state index in [1.165, 1.54) is 12.1 Å². The molecule has 0 saturated carbocycles. The Balaban J connectivity index is 2.04. The molecule has 1 aliphatic rings.